The second kappa shape index (κ2) is 5.56. The van der Waals surface area contributed by atoms with Gasteiger partial charge in [0, 0.05) is 17.8 Å². The fourth-order valence-electron chi connectivity index (χ4n) is 2.87. The second-order valence-electron chi connectivity index (χ2n) is 5.42. The minimum atomic E-state index is -0.349. The maximum absolute atomic E-state index is 13.1. The van der Waals surface area contributed by atoms with E-state index in [4.69, 9.17) is 5.73 Å². The number of rotatable bonds is 3. The van der Waals surface area contributed by atoms with Crippen molar-refractivity contribution in [1.82, 2.24) is 20.2 Å². The van der Waals surface area contributed by atoms with Crippen molar-refractivity contribution >= 4 is 5.69 Å². The molecule has 6 heteroatoms. The Kier molecular flexibility index (Phi) is 3.62. The van der Waals surface area contributed by atoms with Crippen LogP contribution in [0.25, 0.3) is 11.4 Å². The van der Waals surface area contributed by atoms with Crippen LogP contribution in [-0.2, 0) is 6.54 Å². The van der Waals surface area contributed by atoms with Crippen LogP contribution in [0.3, 0.4) is 0 Å². The zero-order chi connectivity index (χ0) is 13.9. The molecule has 3 rings (SSSR count). The van der Waals surface area contributed by atoms with Crippen LogP contribution in [-0.4, -0.2) is 20.2 Å². The van der Waals surface area contributed by atoms with Gasteiger partial charge in [0.15, 0.2) is 5.82 Å². The fourth-order valence-corrected chi connectivity index (χ4v) is 2.87. The lowest BCUT2D eigenvalue weighted by molar-refractivity contribution is 0.307. The van der Waals surface area contributed by atoms with Gasteiger partial charge in [-0.3, -0.25) is 0 Å². The molecular weight excluding hydrogens is 257 g/mol. The number of aromatic nitrogens is 4. The van der Waals surface area contributed by atoms with Crippen LogP contribution in [0.15, 0.2) is 18.2 Å². The first-order valence-electron chi connectivity index (χ1n) is 7.05. The molecule has 0 spiro atoms. The predicted molar refractivity (Wildman–Crippen MR) is 74.2 cm³/mol. The van der Waals surface area contributed by atoms with Crippen LogP contribution < -0.4 is 5.73 Å². The molecule has 0 aliphatic heterocycles. The molecule has 1 aromatic heterocycles. The average molecular weight is 275 g/mol. The van der Waals surface area contributed by atoms with E-state index in [0.29, 0.717) is 23.0 Å². The van der Waals surface area contributed by atoms with Crippen LogP contribution in [0.5, 0.6) is 0 Å². The number of nitrogens with zero attached hydrogens (tertiary/aromatic N) is 4. The number of hydrogen-bond acceptors (Lipinski definition) is 4. The van der Waals surface area contributed by atoms with Crippen molar-refractivity contribution in [2.75, 3.05) is 5.73 Å². The zero-order valence-electron chi connectivity index (χ0n) is 11.3. The predicted octanol–water partition coefficient (Wildman–Crippen LogP) is 2.64. The van der Waals surface area contributed by atoms with Crippen LogP contribution >= 0.6 is 0 Å². The van der Waals surface area contributed by atoms with E-state index in [-0.39, 0.29) is 5.82 Å². The van der Waals surface area contributed by atoms with Crippen molar-refractivity contribution in [3.05, 3.63) is 24.0 Å². The van der Waals surface area contributed by atoms with Crippen molar-refractivity contribution in [3.8, 4) is 11.4 Å². The van der Waals surface area contributed by atoms with E-state index >= 15 is 0 Å². The molecule has 2 aromatic rings. The first-order valence-corrected chi connectivity index (χ1v) is 7.05. The smallest absolute Gasteiger partial charge is 0.184 e. The molecule has 20 heavy (non-hydrogen) atoms. The van der Waals surface area contributed by atoms with Gasteiger partial charge in [-0.25, -0.2) is 9.07 Å². The number of hydrogen-bond donors (Lipinski definition) is 1. The summed E-state index contributed by atoms with van der Waals surface area (Å²) in [7, 11) is 0. The lowest BCUT2D eigenvalue weighted by Crippen LogP contribution is -2.16. The summed E-state index contributed by atoms with van der Waals surface area (Å²) in [6, 6.07) is 4.31. The van der Waals surface area contributed by atoms with Gasteiger partial charge in [0.05, 0.1) is 0 Å². The van der Waals surface area contributed by atoms with Gasteiger partial charge < -0.3 is 5.73 Å². The number of anilines is 1. The van der Waals surface area contributed by atoms with Gasteiger partial charge >= 0.3 is 0 Å². The highest BCUT2D eigenvalue weighted by Crippen LogP contribution is 2.28. The highest BCUT2D eigenvalue weighted by atomic mass is 19.1. The molecule has 1 heterocycles. The summed E-state index contributed by atoms with van der Waals surface area (Å²) in [6.07, 6.45) is 6.32. The molecule has 1 aliphatic rings. The van der Waals surface area contributed by atoms with Gasteiger partial charge in [0.25, 0.3) is 0 Å². The van der Waals surface area contributed by atoms with Gasteiger partial charge in [0.1, 0.15) is 5.82 Å². The van der Waals surface area contributed by atoms with Gasteiger partial charge in [-0.1, -0.05) is 19.3 Å². The van der Waals surface area contributed by atoms with E-state index in [9.17, 15) is 4.39 Å². The molecule has 1 saturated carbocycles. The third-order valence-electron chi connectivity index (χ3n) is 3.94. The Bertz CT molecular complexity index is 589. The minimum absolute atomic E-state index is 0.349. The van der Waals surface area contributed by atoms with E-state index in [2.05, 4.69) is 15.5 Å². The van der Waals surface area contributed by atoms with Crippen molar-refractivity contribution in [2.45, 2.75) is 38.6 Å². The Morgan fingerprint density at radius 1 is 1.25 bits per heavy atom. The standard InChI is InChI=1S/C14H18FN5/c15-11-6-7-12(13(16)8-11)14-17-18-19-20(14)9-10-4-2-1-3-5-10/h6-8,10H,1-5,9,16H2. The van der Waals surface area contributed by atoms with E-state index in [1.54, 1.807) is 10.7 Å². The summed E-state index contributed by atoms with van der Waals surface area (Å²) in [5, 5.41) is 11.8. The third kappa shape index (κ3) is 2.64. The molecule has 2 N–H and O–H groups in total. The largest absolute Gasteiger partial charge is 0.398 e. The lowest BCUT2D eigenvalue weighted by Gasteiger charge is -2.21. The Hall–Kier alpha value is -1.98. The Morgan fingerprint density at radius 3 is 2.80 bits per heavy atom. The molecule has 106 valence electrons. The number of nitrogens with two attached hydrogens (primary N) is 1. The molecule has 0 unspecified atom stereocenters. The topological polar surface area (TPSA) is 69.6 Å². The maximum atomic E-state index is 13.1. The number of nitrogen functional groups attached to an aromatic ring is 1. The summed E-state index contributed by atoms with van der Waals surface area (Å²) in [4.78, 5) is 0. The molecule has 1 fully saturated rings. The summed E-state index contributed by atoms with van der Waals surface area (Å²) in [6.45, 7) is 0.805. The number of tetrazole rings is 1. The van der Waals surface area contributed by atoms with Crippen LogP contribution in [0.4, 0.5) is 10.1 Å². The molecule has 0 radical (unpaired) electrons. The van der Waals surface area contributed by atoms with Crippen molar-refractivity contribution in [2.24, 2.45) is 5.92 Å². The van der Waals surface area contributed by atoms with Crippen LogP contribution in [0.2, 0.25) is 0 Å². The second-order valence-corrected chi connectivity index (χ2v) is 5.42. The quantitative estimate of drug-likeness (QED) is 0.874. The van der Waals surface area contributed by atoms with Crippen molar-refractivity contribution in [3.63, 3.8) is 0 Å². The lowest BCUT2D eigenvalue weighted by atomic mass is 9.89. The monoisotopic (exact) mass is 275 g/mol. The van der Waals surface area contributed by atoms with Gasteiger partial charge in [-0.2, -0.15) is 0 Å². The van der Waals surface area contributed by atoms with Crippen LogP contribution in [0.1, 0.15) is 32.1 Å². The van der Waals surface area contributed by atoms with Crippen molar-refractivity contribution < 1.29 is 4.39 Å². The highest BCUT2D eigenvalue weighted by molar-refractivity contribution is 5.71. The Balaban J connectivity index is 1.85. The molecule has 1 aliphatic carbocycles. The van der Waals surface area contributed by atoms with Crippen LogP contribution in [0, 0.1) is 11.7 Å². The van der Waals surface area contributed by atoms with Gasteiger partial charge in [0.2, 0.25) is 0 Å². The molecule has 0 atom stereocenters. The average Bonchev–Trinajstić information content (AvgIpc) is 2.88. The molecule has 5 nitrogen and oxygen atoms in total. The first kappa shape index (κ1) is 13.0. The minimum Gasteiger partial charge on any atom is -0.398 e. The zero-order valence-corrected chi connectivity index (χ0v) is 11.3. The first-order chi connectivity index (χ1) is 9.74. The Morgan fingerprint density at radius 2 is 2.05 bits per heavy atom. The van der Waals surface area contributed by atoms with Gasteiger partial charge in [-0.05, 0) is 47.4 Å². The molecule has 0 saturated heterocycles. The molecule has 0 bridgehead atoms. The van der Waals surface area contributed by atoms with E-state index in [1.165, 1.54) is 44.2 Å². The highest BCUT2D eigenvalue weighted by Gasteiger charge is 2.18. The molecule has 1 aromatic carbocycles. The SMILES string of the molecule is Nc1cc(F)ccc1-c1nnnn1CC1CCCCC1. The third-order valence-corrected chi connectivity index (χ3v) is 3.94. The fraction of sp³-hybridized carbons (Fsp3) is 0.500. The normalized spacial score (nSPS) is 16.4. The van der Waals surface area contributed by atoms with Gasteiger partial charge in [-0.15, -0.1) is 5.10 Å². The molecular formula is C14H18FN5. The summed E-state index contributed by atoms with van der Waals surface area (Å²) in [5.74, 6) is 0.887. The number of benzene rings is 1. The van der Waals surface area contributed by atoms with E-state index < -0.39 is 0 Å². The Labute approximate surface area is 117 Å². The number of halogens is 1. The maximum Gasteiger partial charge on any atom is 0.184 e. The summed E-state index contributed by atoms with van der Waals surface area (Å²) in [5.41, 5.74) is 6.92. The van der Waals surface area contributed by atoms with E-state index in [0.717, 1.165) is 6.54 Å². The summed E-state index contributed by atoms with van der Waals surface area (Å²) >= 11 is 0. The molecule has 0 amide bonds. The van der Waals surface area contributed by atoms with Crippen molar-refractivity contribution in [1.29, 1.82) is 0 Å². The summed E-state index contributed by atoms with van der Waals surface area (Å²) < 4.78 is 14.9. The van der Waals surface area contributed by atoms with E-state index in [1.807, 2.05) is 0 Å².